The molecule has 0 aliphatic carbocycles. The number of fused-ring (bicyclic) bond motifs is 2. The first-order valence-corrected chi connectivity index (χ1v) is 9.97. The number of carbonyl (C=O) groups excluding carboxylic acids is 2. The number of imidazole rings is 1. The summed E-state index contributed by atoms with van der Waals surface area (Å²) in [6.45, 7) is 3.63. The van der Waals surface area contributed by atoms with E-state index in [1.54, 1.807) is 37.3 Å². The van der Waals surface area contributed by atoms with Gasteiger partial charge in [-0.05, 0) is 62.4 Å². The van der Waals surface area contributed by atoms with Crippen LogP contribution in [0, 0.1) is 6.92 Å². The van der Waals surface area contributed by atoms with Crippen molar-refractivity contribution in [3.05, 3.63) is 78.1 Å². The van der Waals surface area contributed by atoms with Gasteiger partial charge in [0.25, 0.3) is 11.8 Å². The summed E-state index contributed by atoms with van der Waals surface area (Å²) >= 11 is 0. The van der Waals surface area contributed by atoms with E-state index in [-0.39, 0.29) is 11.8 Å². The Hall–Kier alpha value is -4.13. The smallest absolute Gasteiger partial charge is 0.265 e. The summed E-state index contributed by atoms with van der Waals surface area (Å²) in [4.78, 5) is 29.3. The molecule has 7 heteroatoms. The van der Waals surface area contributed by atoms with Crippen molar-refractivity contribution in [3.63, 3.8) is 0 Å². The number of aryl methyl sites for hydroxylation is 1. The fourth-order valence-electron chi connectivity index (χ4n) is 3.73. The molecule has 1 aromatic heterocycles. The molecule has 0 saturated heterocycles. The van der Waals surface area contributed by atoms with Crippen LogP contribution in [0.4, 0.5) is 11.4 Å². The molecule has 7 nitrogen and oxygen atoms in total. The predicted molar refractivity (Wildman–Crippen MR) is 119 cm³/mol. The third-order valence-corrected chi connectivity index (χ3v) is 5.27. The molecule has 2 heterocycles. The lowest BCUT2D eigenvalue weighted by Gasteiger charge is -2.23. The van der Waals surface area contributed by atoms with Gasteiger partial charge < -0.3 is 15.4 Å². The lowest BCUT2D eigenvalue weighted by atomic mass is 10.1. The quantitative estimate of drug-likeness (QED) is 0.525. The maximum Gasteiger partial charge on any atom is 0.265 e. The number of anilines is 2. The standard InChI is InChI=1S/C24H20N4O3/c1-14-23(29)27-20-13-17(9-11-22(20)31-14)26-24(30)16-8-10-21-19(12-16)25-15(2)28(21)18-6-4-3-5-7-18/h3-14H,1-2H3,(H,26,30)(H,27,29)/t14-/m0/s1. The second kappa shape index (κ2) is 7.28. The van der Waals surface area contributed by atoms with E-state index in [0.29, 0.717) is 22.7 Å². The van der Waals surface area contributed by atoms with Gasteiger partial charge in [-0.15, -0.1) is 0 Å². The Morgan fingerprint density at radius 3 is 2.71 bits per heavy atom. The SMILES string of the molecule is Cc1nc2cc(C(=O)Nc3ccc4c(c3)NC(=O)[C@H](C)O4)ccc2n1-c1ccccc1. The van der Waals surface area contributed by atoms with Crippen molar-refractivity contribution in [1.29, 1.82) is 0 Å². The molecule has 2 N–H and O–H groups in total. The van der Waals surface area contributed by atoms with Gasteiger partial charge in [-0.2, -0.15) is 0 Å². The van der Waals surface area contributed by atoms with E-state index in [1.165, 1.54) is 0 Å². The van der Waals surface area contributed by atoms with Gasteiger partial charge in [0.1, 0.15) is 11.6 Å². The maximum atomic E-state index is 12.8. The lowest BCUT2D eigenvalue weighted by molar-refractivity contribution is -0.122. The molecule has 0 radical (unpaired) electrons. The summed E-state index contributed by atoms with van der Waals surface area (Å²) in [5.41, 5.74) is 4.29. The maximum absolute atomic E-state index is 12.8. The van der Waals surface area contributed by atoms with Crippen LogP contribution in [0.2, 0.25) is 0 Å². The summed E-state index contributed by atoms with van der Waals surface area (Å²) in [5.74, 6) is 0.947. The molecule has 0 saturated carbocycles. The van der Waals surface area contributed by atoms with Crippen molar-refractivity contribution in [3.8, 4) is 11.4 Å². The minimum Gasteiger partial charge on any atom is -0.479 e. The number of ether oxygens (including phenoxy) is 1. The summed E-state index contributed by atoms with van der Waals surface area (Å²) in [7, 11) is 0. The van der Waals surface area contributed by atoms with Crippen molar-refractivity contribution in [2.24, 2.45) is 0 Å². The highest BCUT2D eigenvalue weighted by molar-refractivity contribution is 6.07. The monoisotopic (exact) mass is 412 g/mol. The highest BCUT2D eigenvalue weighted by Crippen LogP contribution is 2.32. The van der Waals surface area contributed by atoms with Gasteiger partial charge in [0.05, 0.1) is 16.7 Å². The molecule has 3 aromatic carbocycles. The van der Waals surface area contributed by atoms with Gasteiger partial charge in [-0.1, -0.05) is 18.2 Å². The van der Waals surface area contributed by atoms with Crippen molar-refractivity contribution < 1.29 is 14.3 Å². The summed E-state index contributed by atoms with van der Waals surface area (Å²) in [5, 5.41) is 5.66. The van der Waals surface area contributed by atoms with Gasteiger partial charge in [-0.3, -0.25) is 14.2 Å². The molecule has 4 aromatic rings. The minimum atomic E-state index is -0.543. The number of rotatable bonds is 3. The second-order valence-corrected chi connectivity index (χ2v) is 7.45. The van der Waals surface area contributed by atoms with Crippen LogP contribution in [-0.2, 0) is 4.79 Å². The van der Waals surface area contributed by atoms with Gasteiger partial charge >= 0.3 is 0 Å². The van der Waals surface area contributed by atoms with E-state index in [0.717, 1.165) is 22.5 Å². The molecule has 154 valence electrons. The van der Waals surface area contributed by atoms with E-state index in [2.05, 4.69) is 20.2 Å². The van der Waals surface area contributed by atoms with Crippen LogP contribution < -0.4 is 15.4 Å². The number of amides is 2. The Morgan fingerprint density at radius 1 is 1.10 bits per heavy atom. The summed E-state index contributed by atoms with van der Waals surface area (Å²) in [6.07, 6.45) is -0.543. The van der Waals surface area contributed by atoms with Gasteiger partial charge in [0, 0.05) is 16.9 Å². The lowest BCUT2D eigenvalue weighted by Crippen LogP contribution is -2.34. The highest BCUT2D eigenvalue weighted by atomic mass is 16.5. The Balaban J connectivity index is 1.42. The number of nitrogens with zero attached hydrogens (tertiary/aromatic N) is 2. The molecule has 31 heavy (non-hydrogen) atoms. The molecule has 1 aliphatic rings. The number of aromatic nitrogens is 2. The molecular formula is C24H20N4O3. The topological polar surface area (TPSA) is 85.2 Å². The highest BCUT2D eigenvalue weighted by Gasteiger charge is 2.23. The third-order valence-electron chi connectivity index (χ3n) is 5.27. The van der Waals surface area contributed by atoms with E-state index >= 15 is 0 Å². The average molecular weight is 412 g/mol. The van der Waals surface area contributed by atoms with Crippen LogP contribution in [0.3, 0.4) is 0 Å². The van der Waals surface area contributed by atoms with E-state index in [1.807, 2.05) is 43.3 Å². The van der Waals surface area contributed by atoms with Crippen LogP contribution in [-0.4, -0.2) is 27.5 Å². The first-order chi connectivity index (χ1) is 15.0. The second-order valence-electron chi connectivity index (χ2n) is 7.45. The van der Waals surface area contributed by atoms with Crippen LogP contribution in [0.25, 0.3) is 16.7 Å². The molecule has 0 bridgehead atoms. The molecule has 0 fully saturated rings. The molecular weight excluding hydrogens is 392 g/mol. The van der Waals surface area contributed by atoms with Crippen LogP contribution >= 0.6 is 0 Å². The van der Waals surface area contributed by atoms with Gasteiger partial charge in [-0.25, -0.2) is 4.98 Å². The summed E-state index contributed by atoms with van der Waals surface area (Å²) < 4.78 is 7.61. The van der Waals surface area contributed by atoms with E-state index < -0.39 is 6.10 Å². The summed E-state index contributed by atoms with van der Waals surface area (Å²) in [6, 6.07) is 20.6. The first kappa shape index (κ1) is 18.9. The van der Waals surface area contributed by atoms with Crippen molar-refractivity contribution in [2.45, 2.75) is 20.0 Å². The molecule has 1 atom stereocenters. The van der Waals surface area contributed by atoms with Gasteiger partial charge in [0.15, 0.2) is 6.10 Å². The molecule has 0 unspecified atom stereocenters. The normalized spacial score (nSPS) is 15.2. The minimum absolute atomic E-state index is 0.217. The first-order valence-electron chi connectivity index (χ1n) is 9.97. The molecule has 0 spiro atoms. The van der Waals surface area contributed by atoms with Crippen molar-refractivity contribution in [2.75, 3.05) is 10.6 Å². The largest absolute Gasteiger partial charge is 0.479 e. The van der Waals surface area contributed by atoms with Crippen molar-refractivity contribution >= 4 is 34.2 Å². The fraction of sp³-hybridized carbons (Fsp3) is 0.125. The zero-order valence-corrected chi connectivity index (χ0v) is 17.0. The van der Waals surface area contributed by atoms with Crippen LogP contribution in [0.15, 0.2) is 66.7 Å². The Bertz CT molecular complexity index is 1330. The molecule has 1 aliphatic heterocycles. The molecule has 2 amide bonds. The number of para-hydroxylation sites is 1. The van der Waals surface area contributed by atoms with Crippen molar-refractivity contribution in [1.82, 2.24) is 9.55 Å². The number of hydrogen-bond donors (Lipinski definition) is 2. The average Bonchev–Trinajstić information content (AvgIpc) is 3.10. The third kappa shape index (κ3) is 3.40. The zero-order valence-electron chi connectivity index (χ0n) is 17.0. The zero-order chi connectivity index (χ0) is 21.5. The number of carbonyl (C=O) groups is 2. The van der Waals surface area contributed by atoms with Gasteiger partial charge in [0.2, 0.25) is 0 Å². The Morgan fingerprint density at radius 2 is 1.90 bits per heavy atom. The Labute approximate surface area is 178 Å². The number of hydrogen-bond acceptors (Lipinski definition) is 4. The van der Waals surface area contributed by atoms with E-state index in [9.17, 15) is 9.59 Å². The molecule has 5 rings (SSSR count). The van der Waals surface area contributed by atoms with Crippen LogP contribution in [0.1, 0.15) is 23.1 Å². The number of nitrogens with one attached hydrogen (secondary N) is 2. The van der Waals surface area contributed by atoms with E-state index in [4.69, 9.17) is 4.74 Å². The number of benzene rings is 3. The Kier molecular flexibility index (Phi) is 4.43. The predicted octanol–water partition coefficient (Wildman–Crippen LogP) is 4.31. The van der Waals surface area contributed by atoms with Crippen LogP contribution in [0.5, 0.6) is 5.75 Å². The fourth-order valence-corrected chi connectivity index (χ4v) is 3.73.